The summed E-state index contributed by atoms with van der Waals surface area (Å²) in [6.45, 7) is 1.12. The van der Waals surface area contributed by atoms with E-state index >= 15 is 0 Å². The Labute approximate surface area is 88.1 Å². The summed E-state index contributed by atoms with van der Waals surface area (Å²) in [5.74, 6) is 1.53. The molecule has 0 spiro atoms. The predicted octanol–water partition coefficient (Wildman–Crippen LogP) is 3.11. The van der Waals surface area contributed by atoms with Crippen LogP contribution in [0.4, 0.5) is 0 Å². The third-order valence-corrected chi connectivity index (χ3v) is 4.36. The molecule has 0 bridgehead atoms. The van der Waals surface area contributed by atoms with E-state index in [2.05, 4.69) is 10.7 Å². The topological polar surface area (TPSA) is 12.0 Å². The Morgan fingerprint density at radius 1 is 1.62 bits per heavy atom. The first-order chi connectivity index (χ1) is 6.33. The molecule has 1 fully saturated rings. The van der Waals surface area contributed by atoms with Crippen molar-refractivity contribution in [2.75, 3.05) is 13.6 Å². The molecule has 1 saturated carbocycles. The molecule has 2 unspecified atom stereocenters. The molecule has 1 aromatic heterocycles. The zero-order chi connectivity index (χ0) is 9.26. The Morgan fingerprint density at radius 3 is 2.92 bits per heavy atom. The summed E-state index contributed by atoms with van der Waals surface area (Å²) < 4.78 is 0. The zero-order valence-electron chi connectivity index (χ0n) is 7.72. The standard InChI is InChI=1S/C10H14ClNS/c1-12-6-7-2-3-8(7)10-9(11)4-5-13-10/h4-5,7-8,12H,2-3,6H2,1H3. The van der Waals surface area contributed by atoms with Gasteiger partial charge in [0.1, 0.15) is 0 Å². The fraction of sp³-hybridized carbons (Fsp3) is 0.600. The van der Waals surface area contributed by atoms with Gasteiger partial charge >= 0.3 is 0 Å². The van der Waals surface area contributed by atoms with E-state index in [0.717, 1.165) is 23.4 Å². The summed E-state index contributed by atoms with van der Waals surface area (Å²) in [6.07, 6.45) is 2.66. The van der Waals surface area contributed by atoms with Gasteiger partial charge in [0.25, 0.3) is 0 Å². The molecular weight excluding hydrogens is 202 g/mol. The highest BCUT2D eigenvalue weighted by molar-refractivity contribution is 7.10. The van der Waals surface area contributed by atoms with E-state index in [4.69, 9.17) is 11.6 Å². The van der Waals surface area contributed by atoms with Crippen LogP contribution in [0.2, 0.25) is 5.02 Å². The number of nitrogens with one attached hydrogen (secondary N) is 1. The van der Waals surface area contributed by atoms with Crippen LogP contribution in [0.1, 0.15) is 23.6 Å². The third kappa shape index (κ3) is 1.76. The Kier molecular flexibility index (Phi) is 2.92. The number of thiophene rings is 1. The minimum Gasteiger partial charge on any atom is -0.319 e. The van der Waals surface area contributed by atoms with Crippen molar-refractivity contribution in [3.05, 3.63) is 21.3 Å². The maximum absolute atomic E-state index is 6.10. The van der Waals surface area contributed by atoms with Gasteiger partial charge in [-0.1, -0.05) is 11.6 Å². The smallest absolute Gasteiger partial charge is 0.0547 e. The van der Waals surface area contributed by atoms with E-state index in [0.29, 0.717) is 0 Å². The van der Waals surface area contributed by atoms with Crippen molar-refractivity contribution in [2.24, 2.45) is 5.92 Å². The fourth-order valence-corrected chi connectivity index (χ4v) is 3.42. The van der Waals surface area contributed by atoms with Crippen molar-refractivity contribution in [2.45, 2.75) is 18.8 Å². The maximum Gasteiger partial charge on any atom is 0.0547 e. The Balaban J connectivity index is 2.06. The molecule has 0 radical (unpaired) electrons. The van der Waals surface area contributed by atoms with Gasteiger partial charge in [-0.25, -0.2) is 0 Å². The lowest BCUT2D eigenvalue weighted by molar-refractivity contribution is 0.254. The molecule has 0 aromatic carbocycles. The second-order valence-electron chi connectivity index (χ2n) is 3.63. The van der Waals surface area contributed by atoms with Gasteiger partial charge in [0.15, 0.2) is 0 Å². The van der Waals surface area contributed by atoms with Crippen LogP contribution in [0, 0.1) is 5.92 Å². The molecule has 1 aliphatic carbocycles. The van der Waals surface area contributed by atoms with E-state index in [1.807, 2.05) is 13.1 Å². The van der Waals surface area contributed by atoms with Crippen LogP contribution in [0.3, 0.4) is 0 Å². The second-order valence-corrected chi connectivity index (χ2v) is 4.99. The minimum absolute atomic E-state index is 0.722. The third-order valence-electron chi connectivity index (χ3n) is 2.87. The lowest BCUT2D eigenvalue weighted by atomic mass is 9.73. The monoisotopic (exact) mass is 215 g/mol. The van der Waals surface area contributed by atoms with Crippen LogP contribution in [-0.4, -0.2) is 13.6 Å². The molecule has 0 amide bonds. The molecule has 1 aliphatic rings. The van der Waals surface area contributed by atoms with Gasteiger partial charge in [-0.15, -0.1) is 11.3 Å². The number of hydrogen-bond acceptors (Lipinski definition) is 2. The van der Waals surface area contributed by atoms with Gasteiger partial charge in [-0.3, -0.25) is 0 Å². The molecule has 2 atom stereocenters. The molecule has 1 N–H and O–H groups in total. The van der Waals surface area contributed by atoms with Crippen LogP contribution in [0.15, 0.2) is 11.4 Å². The maximum atomic E-state index is 6.10. The van der Waals surface area contributed by atoms with Crippen LogP contribution < -0.4 is 5.32 Å². The molecule has 3 heteroatoms. The Morgan fingerprint density at radius 2 is 2.46 bits per heavy atom. The highest BCUT2D eigenvalue weighted by Crippen LogP contribution is 2.46. The molecule has 2 rings (SSSR count). The van der Waals surface area contributed by atoms with E-state index in [-0.39, 0.29) is 0 Å². The fourth-order valence-electron chi connectivity index (χ4n) is 1.99. The zero-order valence-corrected chi connectivity index (χ0v) is 9.29. The predicted molar refractivity (Wildman–Crippen MR) is 58.7 cm³/mol. The van der Waals surface area contributed by atoms with Crippen molar-refractivity contribution in [3.8, 4) is 0 Å². The van der Waals surface area contributed by atoms with Gasteiger partial charge in [-0.2, -0.15) is 0 Å². The van der Waals surface area contributed by atoms with Crippen LogP contribution >= 0.6 is 22.9 Å². The summed E-state index contributed by atoms with van der Waals surface area (Å²) >= 11 is 7.91. The minimum atomic E-state index is 0.722. The van der Waals surface area contributed by atoms with Gasteiger partial charge in [0, 0.05) is 4.88 Å². The van der Waals surface area contributed by atoms with Crippen molar-refractivity contribution in [1.29, 1.82) is 0 Å². The van der Waals surface area contributed by atoms with Crippen molar-refractivity contribution >= 4 is 22.9 Å². The first kappa shape index (κ1) is 9.50. The van der Waals surface area contributed by atoms with Gasteiger partial charge in [-0.05, 0) is 49.7 Å². The molecule has 0 saturated heterocycles. The summed E-state index contributed by atoms with van der Waals surface area (Å²) in [4.78, 5) is 1.40. The first-order valence-electron chi connectivity index (χ1n) is 4.70. The quantitative estimate of drug-likeness (QED) is 0.817. The lowest BCUT2D eigenvalue weighted by Crippen LogP contribution is -2.31. The number of rotatable bonds is 3. The molecule has 1 heterocycles. The van der Waals surface area contributed by atoms with E-state index in [1.165, 1.54) is 17.7 Å². The van der Waals surface area contributed by atoms with Gasteiger partial charge < -0.3 is 5.32 Å². The number of hydrogen-bond donors (Lipinski definition) is 1. The van der Waals surface area contributed by atoms with E-state index < -0.39 is 0 Å². The van der Waals surface area contributed by atoms with Crippen molar-refractivity contribution < 1.29 is 0 Å². The van der Waals surface area contributed by atoms with Crippen molar-refractivity contribution in [3.63, 3.8) is 0 Å². The Hall–Kier alpha value is -0.0500. The lowest BCUT2D eigenvalue weighted by Gasteiger charge is -2.36. The summed E-state index contributed by atoms with van der Waals surface area (Å²) in [6, 6.07) is 2.01. The van der Waals surface area contributed by atoms with Gasteiger partial charge in [0.2, 0.25) is 0 Å². The molecule has 13 heavy (non-hydrogen) atoms. The summed E-state index contributed by atoms with van der Waals surface area (Å²) in [7, 11) is 2.02. The number of halogens is 1. The Bertz CT molecular complexity index is 284. The largest absolute Gasteiger partial charge is 0.319 e. The van der Waals surface area contributed by atoms with Crippen LogP contribution in [0.5, 0.6) is 0 Å². The molecule has 0 aliphatic heterocycles. The van der Waals surface area contributed by atoms with Crippen molar-refractivity contribution in [1.82, 2.24) is 5.32 Å². The van der Waals surface area contributed by atoms with E-state index in [1.54, 1.807) is 11.3 Å². The van der Waals surface area contributed by atoms with Gasteiger partial charge in [0.05, 0.1) is 5.02 Å². The highest BCUT2D eigenvalue weighted by atomic mass is 35.5. The second kappa shape index (κ2) is 3.99. The molecule has 1 nitrogen and oxygen atoms in total. The van der Waals surface area contributed by atoms with E-state index in [9.17, 15) is 0 Å². The molecular formula is C10H14ClNS. The summed E-state index contributed by atoms with van der Waals surface area (Å²) in [5, 5.41) is 6.30. The highest BCUT2D eigenvalue weighted by Gasteiger charge is 2.33. The average Bonchev–Trinajstić information content (AvgIpc) is 2.46. The van der Waals surface area contributed by atoms with Crippen LogP contribution in [0.25, 0.3) is 0 Å². The normalized spacial score (nSPS) is 27.2. The SMILES string of the molecule is CNCC1CCC1c1sccc1Cl. The first-order valence-corrected chi connectivity index (χ1v) is 5.96. The molecule has 1 aromatic rings. The average molecular weight is 216 g/mol. The molecule has 72 valence electrons. The van der Waals surface area contributed by atoms with Crippen LogP contribution in [-0.2, 0) is 0 Å². The summed E-state index contributed by atoms with van der Waals surface area (Å²) in [5.41, 5.74) is 0.